The second kappa shape index (κ2) is 7.49. The van der Waals surface area contributed by atoms with Crippen LogP contribution in [0, 0.1) is 13.8 Å². The molecule has 0 aliphatic carbocycles. The third kappa shape index (κ3) is 3.51. The number of aliphatic hydroxyl groups is 1. The van der Waals surface area contributed by atoms with Crippen molar-refractivity contribution in [3.8, 4) is 5.82 Å². The van der Waals surface area contributed by atoms with Gasteiger partial charge in [-0.15, -0.1) is 5.10 Å². The molecule has 0 bridgehead atoms. The van der Waals surface area contributed by atoms with Gasteiger partial charge < -0.3 is 15.2 Å². The summed E-state index contributed by atoms with van der Waals surface area (Å²) in [5.41, 5.74) is 5.00. The molecule has 1 aliphatic heterocycles. The Balaban J connectivity index is 1.36. The second-order valence-electron chi connectivity index (χ2n) is 6.86. The van der Waals surface area contributed by atoms with Crippen molar-refractivity contribution < 1.29 is 14.6 Å². The van der Waals surface area contributed by atoms with Crippen molar-refractivity contribution in [2.75, 3.05) is 6.54 Å². The van der Waals surface area contributed by atoms with Crippen molar-refractivity contribution in [2.45, 2.75) is 33.1 Å². The van der Waals surface area contributed by atoms with Crippen molar-refractivity contribution in [3.05, 3.63) is 70.2 Å². The summed E-state index contributed by atoms with van der Waals surface area (Å²) < 4.78 is 6.69. The fourth-order valence-electron chi connectivity index (χ4n) is 3.31. The van der Waals surface area contributed by atoms with Crippen molar-refractivity contribution >= 4 is 5.97 Å². The summed E-state index contributed by atoms with van der Waals surface area (Å²) in [5, 5.41) is 21.7. The summed E-state index contributed by atoms with van der Waals surface area (Å²) in [5.74, 6) is 0.407. The number of rotatable bonds is 6. The summed E-state index contributed by atoms with van der Waals surface area (Å²) in [6, 6.07) is 7.36. The fourth-order valence-corrected chi connectivity index (χ4v) is 3.31. The van der Waals surface area contributed by atoms with E-state index in [0.717, 1.165) is 27.9 Å². The van der Waals surface area contributed by atoms with E-state index >= 15 is 0 Å². The summed E-state index contributed by atoms with van der Waals surface area (Å²) in [6.07, 6.45) is 2.91. The zero-order valence-corrected chi connectivity index (χ0v) is 15.7. The first-order valence-electron chi connectivity index (χ1n) is 9.05. The molecule has 28 heavy (non-hydrogen) atoms. The van der Waals surface area contributed by atoms with Crippen molar-refractivity contribution in [2.24, 2.45) is 0 Å². The Kier molecular flexibility index (Phi) is 4.89. The molecule has 1 aromatic carbocycles. The molecule has 0 radical (unpaired) electrons. The van der Waals surface area contributed by atoms with E-state index < -0.39 is 6.10 Å². The van der Waals surface area contributed by atoms with Crippen LogP contribution in [0.15, 0.2) is 36.7 Å². The van der Waals surface area contributed by atoms with E-state index in [1.807, 2.05) is 32.2 Å². The minimum absolute atomic E-state index is 0.275. The highest BCUT2D eigenvalue weighted by Gasteiger charge is 2.25. The molecule has 2 N–H and O–H groups in total. The number of ether oxygens (including phenoxy) is 1. The first-order chi connectivity index (χ1) is 13.5. The minimum Gasteiger partial charge on any atom is -0.457 e. The minimum atomic E-state index is -0.675. The molecule has 0 saturated heterocycles. The van der Waals surface area contributed by atoms with E-state index in [9.17, 15) is 9.90 Å². The highest BCUT2D eigenvalue weighted by Crippen LogP contribution is 2.28. The molecule has 0 amide bonds. The van der Waals surface area contributed by atoms with Gasteiger partial charge in [0.25, 0.3) is 0 Å². The van der Waals surface area contributed by atoms with Crippen LogP contribution in [0.4, 0.5) is 0 Å². The third-order valence-electron chi connectivity index (χ3n) is 4.89. The zero-order valence-electron chi connectivity index (χ0n) is 15.7. The molecule has 8 nitrogen and oxygen atoms in total. The summed E-state index contributed by atoms with van der Waals surface area (Å²) in [4.78, 5) is 16.0. The molecular weight excluding hydrogens is 358 g/mol. The lowest BCUT2D eigenvalue weighted by atomic mass is 9.95. The van der Waals surface area contributed by atoms with Gasteiger partial charge in [-0.05, 0) is 42.7 Å². The number of aliphatic hydroxyl groups excluding tert-OH is 1. The predicted octanol–water partition coefficient (Wildman–Crippen LogP) is 1.77. The number of benzene rings is 1. The van der Waals surface area contributed by atoms with Crippen LogP contribution in [-0.2, 0) is 17.9 Å². The van der Waals surface area contributed by atoms with Crippen molar-refractivity contribution in [1.82, 2.24) is 25.3 Å². The number of hydrogen-bond acceptors (Lipinski definition) is 7. The quantitative estimate of drug-likeness (QED) is 0.629. The van der Waals surface area contributed by atoms with Crippen LogP contribution in [0.2, 0.25) is 0 Å². The molecule has 3 aromatic rings. The first-order valence-corrected chi connectivity index (χ1v) is 9.05. The number of carbonyl (C=O) groups excluding carboxylic acids is 1. The van der Waals surface area contributed by atoms with E-state index in [1.165, 1.54) is 0 Å². The maximum atomic E-state index is 11.6. The number of nitrogens with one attached hydrogen (secondary N) is 1. The monoisotopic (exact) mass is 379 g/mol. The molecule has 3 heterocycles. The van der Waals surface area contributed by atoms with Crippen LogP contribution in [0.25, 0.3) is 5.82 Å². The van der Waals surface area contributed by atoms with Gasteiger partial charge >= 0.3 is 5.97 Å². The van der Waals surface area contributed by atoms with Gasteiger partial charge in [0.05, 0.1) is 23.6 Å². The van der Waals surface area contributed by atoms with Crippen LogP contribution in [0.3, 0.4) is 0 Å². The van der Waals surface area contributed by atoms with Crippen LogP contribution in [0.1, 0.15) is 44.4 Å². The molecule has 144 valence electrons. The van der Waals surface area contributed by atoms with Crippen LogP contribution < -0.4 is 5.32 Å². The number of cyclic esters (lactones) is 1. The smallest absolute Gasteiger partial charge is 0.338 e. The number of aromatic nitrogens is 4. The Bertz CT molecular complexity index is 1010. The highest BCUT2D eigenvalue weighted by molar-refractivity contribution is 5.93. The summed E-state index contributed by atoms with van der Waals surface area (Å²) in [7, 11) is 0. The first kappa shape index (κ1) is 18.3. The molecule has 1 atom stereocenters. The Morgan fingerprint density at radius 3 is 2.86 bits per heavy atom. The van der Waals surface area contributed by atoms with Gasteiger partial charge in [-0.3, -0.25) is 0 Å². The lowest BCUT2D eigenvalue weighted by Gasteiger charge is -2.16. The molecule has 8 heteroatoms. The number of nitrogens with zero attached hydrogens (tertiary/aromatic N) is 4. The number of fused-ring (bicyclic) bond motifs is 1. The molecule has 0 fully saturated rings. The third-order valence-corrected chi connectivity index (χ3v) is 4.89. The summed E-state index contributed by atoms with van der Waals surface area (Å²) >= 11 is 0. The Hall–Kier alpha value is -3.10. The van der Waals surface area contributed by atoms with Crippen molar-refractivity contribution in [3.63, 3.8) is 0 Å². The molecule has 0 unspecified atom stereocenters. The van der Waals surface area contributed by atoms with Gasteiger partial charge in [-0.1, -0.05) is 17.3 Å². The van der Waals surface area contributed by atoms with Crippen LogP contribution in [-0.4, -0.2) is 37.6 Å². The number of hydrogen-bond donors (Lipinski definition) is 2. The SMILES string of the molecule is Cc1cn(-c2ccc(CNC[C@H](O)c3ccc4c(c3C)COC4=O)cn2)nn1. The predicted molar refractivity (Wildman–Crippen MR) is 101 cm³/mol. The number of aryl methyl sites for hydroxylation is 1. The van der Waals surface area contributed by atoms with Gasteiger partial charge in [0.2, 0.25) is 0 Å². The second-order valence-corrected chi connectivity index (χ2v) is 6.86. The van der Waals surface area contributed by atoms with Gasteiger partial charge in [0.15, 0.2) is 5.82 Å². The standard InChI is InChI=1S/C20H21N5O3/c1-12-10-25(24-23-12)19-6-3-14(8-22-19)7-21-9-18(26)15-4-5-16-17(13(15)2)11-28-20(16)27/h3-6,8,10,18,21,26H,7,9,11H2,1-2H3/t18-/m0/s1. The molecule has 2 aromatic heterocycles. The average molecular weight is 379 g/mol. The van der Waals surface area contributed by atoms with E-state index in [4.69, 9.17) is 4.74 Å². The topological polar surface area (TPSA) is 102 Å². The largest absolute Gasteiger partial charge is 0.457 e. The Morgan fingerprint density at radius 2 is 2.14 bits per heavy atom. The summed E-state index contributed by atoms with van der Waals surface area (Å²) in [6.45, 7) is 5.02. The van der Waals surface area contributed by atoms with Crippen molar-refractivity contribution in [1.29, 1.82) is 0 Å². The number of pyridine rings is 1. The Labute approximate surface area is 162 Å². The van der Waals surface area contributed by atoms with Gasteiger partial charge in [-0.25, -0.2) is 14.5 Å². The number of carbonyl (C=O) groups is 1. The Morgan fingerprint density at radius 1 is 1.29 bits per heavy atom. The van der Waals surface area contributed by atoms with Crippen LogP contribution >= 0.6 is 0 Å². The van der Waals surface area contributed by atoms with E-state index in [1.54, 1.807) is 23.0 Å². The average Bonchev–Trinajstić information content (AvgIpc) is 3.29. The highest BCUT2D eigenvalue weighted by atomic mass is 16.5. The fraction of sp³-hybridized carbons (Fsp3) is 0.300. The molecular formula is C20H21N5O3. The van der Waals surface area contributed by atoms with Crippen LogP contribution in [0.5, 0.6) is 0 Å². The van der Waals surface area contributed by atoms with E-state index in [0.29, 0.717) is 24.5 Å². The lowest BCUT2D eigenvalue weighted by molar-refractivity contribution is 0.0535. The van der Waals surface area contributed by atoms with E-state index in [-0.39, 0.29) is 12.6 Å². The normalized spacial score (nSPS) is 14.0. The zero-order chi connectivity index (χ0) is 19.7. The number of esters is 1. The molecule has 0 saturated carbocycles. The van der Waals surface area contributed by atoms with E-state index in [2.05, 4.69) is 20.6 Å². The maximum absolute atomic E-state index is 11.6. The molecule has 1 aliphatic rings. The van der Waals surface area contributed by atoms with Gasteiger partial charge in [-0.2, -0.15) is 0 Å². The molecule has 4 rings (SSSR count). The lowest BCUT2D eigenvalue weighted by Crippen LogP contribution is -2.22. The maximum Gasteiger partial charge on any atom is 0.338 e. The van der Waals surface area contributed by atoms with Gasteiger partial charge in [0.1, 0.15) is 6.61 Å². The van der Waals surface area contributed by atoms with Gasteiger partial charge in [0, 0.05) is 24.8 Å². The molecule has 0 spiro atoms.